The molecule has 0 saturated heterocycles. The Labute approximate surface area is 177 Å². The van der Waals surface area contributed by atoms with Crippen molar-refractivity contribution in [1.82, 2.24) is 0 Å². The highest BCUT2D eigenvalue weighted by atomic mass is 16.5. The first-order chi connectivity index (χ1) is 14.2. The van der Waals surface area contributed by atoms with E-state index in [4.69, 9.17) is 4.74 Å². The molecule has 0 amide bonds. The van der Waals surface area contributed by atoms with E-state index in [0.717, 1.165) is 36.8 Å². The highest BCUT2D eigenvalue weighted by Gasteiger charge is 2.15. The summed E-state index contributed by atoms with van der Waals surface area (Å²) in [7, 11) is 0. The predicted octanol–water partition coefficient (Wildman–Crippen LogP) is 7.64. The second-order valence-electron chi connectivity index (χ2n) is 8.02. The number of aryl methyl sites for hydroxylation is 1. The molecule has 0 aliphatic rings. The Bertz CT molecular complexity index is 700. The Morgan fingerprint density at radius 1 is 0.759 bits per heavy atom. The molecule has 0 radical (unpaired) electrons. The minimum absolute atomic E-state index is 0.0615. The lowest BCUT2D eigenvalue weighted by molar-refractivity contribution is 0.0465. The summed E-state index contributed by atoms with van der Waals surface area (Å²) in [4.78, 5) is 12.5. The van der Waals surface area contributed by atoms with E-state index >= 15 is 0 Å². The van der Waals surface area contributed by atoms with Gasteiger partial charge in [0.05, 0.1) is 0 Å². The lowest BCUT2D eigenvalue weighted by Gasteiger charge is -2.12. The van der Waals surface area contributed by atoms with Gasteiger partial charge in [-0.05, 0) is 42.9 Å². The number of Topliss-reactive ketones (excluding diaryl/α,β-unsaturated/α-hetero) is 1. The number of carbonyl (C=O) groups is 1. The van der Waals surface area contributed by atoms with Crippen molar-refractivity contribution in [3.63, 3.8) is 0 Å². The Morgan fingerprint density at radius 3 is 1.93 bits per heavy atom. The lowest BCUT2D eigenvalue weighted by atomic mass is 9.99. The summed E-state index contributed by atoms with van der Waals surface area (Å²) < 4.78 is 5.69. The molecule has 0 bridgehead atoms. The number of carbonyl (C=O) groups excluding carboxylic acids is 1. The molecule has 1 atom stereocenters. The summed E-state index contributed by atoms with van der Waals surface area (Å²) in [5, 5.41) is 0. The molecule has 29 heavy (non-hydrogen) atoms. The van der Waals surface area contributed by atoms with Crippen molar-refractivity contribution < 1.29 is 9.53 Å². The van der Waals surface area contributed by atoms with Gasteiger partial charge < -0.3 is 4.74 Å². The molecular formula is C27H38O2. The third-order valence-electron chi connectivity index (χ3n) is 5.51. The normalized spacial score (nSPS) is 12.1. The predicted molar refractivity (Wildman–Crippen MR) is 124 cm³/mol. The van der Waals surface area contributed by atoms with Crippen LogP contribution < -0.4 is 0 Å². The summed E-state index contributed by atoms with van der Waals surface area (Å²) in [6.45, 7) is 6.93. The minimum Gasteiger partial charge on any atom is -0.370 e. The van der Waals surface area contributed by atoms with Gasteiger partial charge in [0.2, 0.25) is 0 Å². The maximum absolute atomic E-state index is 12.5. The van der Waals surface area contributed by atoms with Crippen LogP contribution in [0.5, 0.6) is 0 Å². The first-order valence-electron chi connectivity index (χ1n) is 11.5. The average molecular weight is 395 g/mol. The molecule has 0 N–H and O–H groups in total. The van der Waals surface area contributed by atoms with Gasteiger partial charge in [-0.15, -0.1) is 0 Å². The molecule has 158 valence electrons. The largest absolute Gasteiger partial charge is 0.370 e. The Morgan fingerprint density at radius 2 is 1.31 bits per heavy atom. The van der Waals surface area contributed by atoms with Crippen LogP contribution in [0.4, 0.5) is 0 Å². The molecule has 0 aliphatic carbocycles. The summed E-state index contributed by atoms with van der Waals surface area (Å²) in [6.07, 6.45) is 10.7. The molecule has 0 aromatic heterocycles. The maximum atomic E-state index is 12.5. The highest BCUT2D eigenvalue weighted by molar-refractivity contribution is 5.99. The third-order valence-corrected chi connectivity index (χ3v) is 5.51. The van der Waals surface area contributed by atoms with Crippen LogP contribution in [-0.4, -0.2) is 18.5 Å². The van der Waals surface area contributed by atoms with Crippen LogP contribution in [-0.2, 0) is 11.2 Å². The molecule has 0 fully saturated rings. The molecule has 0 aliphatic heterocycles. The summed E-state index contributed by atoms with van der Waals surface area (Å²) in [5.41, 5.74) is 4.47. The van der Waals surface area contributed by atoms with Crippen molar-refractivity contribution in [2.24, 2.45) is 0 Å². The van der Waals surface area contributed by atoms with Crippen molar-refractivity contribution in [2.45, 2.75) is 84.7 Å². The van der Waals surface area contributed by atoms with E-state index in [1.807, 2.05) is 31.2 Å². The smallest absolute Gasteiger partial charge is 0.191 e. The van der Waals surface area contributed by atoms with E-state index in [2.05, 4.69) is 38.1 Å². The zero-order chi connectivity index (χ0) is 20.9. The molecule has 2 heteroatoms. The quantitative estimate of drug-likeness (QED) is 0.243. The van der Waals surface area contributed by atoms with E-state index in [9.17, 15) is 4.79 Å². The van der Waals surface area contributed by atoms with Crippen LogP contribution in [0.1, 0.15) is 88.1 Å². The highest BCUT2D eigenvalue weighted by Crippen LogP contribution is 2.22. The fourth-order valence-electron chi connectivity index (χ4n) is 3.55. The van der Waals surface area contributed by atoms with Gasteiger partial charge in [-0.2, -0.15) is 0 Å². The number of ketones is 1. The fraction of sp³-hybridized carbons (Fsp3) is 0.519. The minimum atomic E-state index is -0.380. The van der Waals surface area contributed by atoms with Gasteiger partial charge in [-0.25, -0.2) is 0 Å². The summed E-state index contributed by atoms with van der Waals surface area (Å²) in [5.74, 6) is 0.0615. The number of unbranched alkanes of at least 4 members (excludes halogenated alkanes) is 6. The van der Waals surface area contributed by atoms with Crippen molar-refractivity contribution in [1.29, 1.82) is 0 Å². The first-order valence-corrected chi connectivity index (χ1v) is 11.5. The van der Waals surface area contributed by atoms with Gasteiger partial charge >= 0.3 is 0 Å². The van der Waals surface area contributed by atoms with Crippen LogP contribution >= 0.6 is 0 Å². The zero-order valence-electron chi connectivity index (χ0n) is 18.6. The van der Waals surface area contributed by atoms with Gasteiger partial charge in [-0.3, -0.25) is 4.79 Å². The SMILES string of the molecule is CCCCCCCc1ccc(-c2ccc(C(=O)C(C)OCCCCC)cc2)cc1. The van der Waals surface area contributed by atoms with Crippen LogP contribution in [0, 0.1) is 0 Å². The van der Waals surface area contributed by atoms with Crippen LogP contribution in [0.2, 0.25) is 0 Å². The van der Waals surface area contributed by atoms with Crippen LogP contribution in [0.3, 0.4) is 0 Å². The van der Waals surface area contributed by atoms with Gasteiger partial charge in [0.25, 0.3) is 0 Å². The van der Waals surface area contributed by atoms with E-state index in [1.165, 1.54) is 43.2 Å². The average Bonchev–Trinajstić information content (AvgIpc) is 2.76. The van der Waals surface area contributed by atoms with Crippen LogP contribution in [0.15, 0.2) is 48.5 Å². The van der Waals surface area contributed by atoms with E-state index in [-0.39, 0.29) is 11.9 Å². The molecule has 2 aromatic rings. The molecule has 2 aromatic carbocycles. The molecule has 2 nitrogen and oxygen atoms in total. The monoisotopic (exact) mass is 394 g/mol. The zero-order valence-corrected chi connectivity index (χ0v) is 18.6. The molecule has 0 heterocycles. The van der Waals surface area contributed by atoms with Crippen LogP contribution in [0.25, 0.3) is 11.1 Å². The van der Waals surface area contributed by atoms with Gasteiger partial charge in [0.15, 0.2) is 5.78 Å². The van der Waals surface area contributed by atoms with Crippen molar-refractivity contribution >= 4 is 5.78 Å². The molecule has 2 rings (SSSR count). The van der Waals surface area contributed by atoms with Gasteiger partial charge in [0, 0.05) is 12.2 Å². The number of benzene rings is 2. The fourth-order valence-corrected chi connectivity index (χ4v) is 3.55. The second-order valence-corrected chi connectivity index (χ2v) is 8.02. The number of hydrogen-bond donors (Lipinski definition) is 0. The standard InChI is InChI=1S/C27H38O2/c1-4-6-8-9-10-12-23-13-15-24(16-14-23)25-17-19-26(20-18-25)27(28)22(3)29-21-11-7-5-2/h13-20,22H,4-12,21H2,1-3H3. The Hall–Kier alpha value is -1.93. The number of ether oxygens (including phenoxy) is 1. The Balaban J connectivity index is 1.86. The Kier molecular flexibility index (Phi) is 10.7. The topological polar surface area (TPSA) is 26.3 Å². The number of hydrogen-bond acceptors (Lipinski definition) is 2. The first kappa shape index (κ1) is 23.3. The van der Waals surface area contributed by atoms with Crippen molar-refractivity contribution in [3.05, 3.63) is 59.7 Å². The van der Waals surface area contributed by atoms with Crippen molar-refractivity contribution in [3.8, 4) is 11.1 Å². The van der Waals surface area contributed by atoms with Crippen molar-refractivity contribution in [2.75, 3.05) is 6.61 Å². The van der Waals surface area contributed by atoms with E-state index in [0.29, 0.717) is 6.61 Å². The summed E-state index contributed by atoms with van der Waals surface area (Å²) >= 11 is 0. The van der Waals surface area contributed by atoms with E-state index < -0.39 is 0 Å². The number of rotatable bonds is 14. The molecule has 0 saturated carbocycles. The maximum Gasteiger partial charge on any atom is 0.191 e. The van der Waals surface area contributed by atoms with Gasteiger partial charge in [0.1, 0.15) is 6.10 Å². The van der Waals surface area contributed by atoms with E-state index in [1.54, 1.807) is 0 Å². The molecule has 0 spiro atoms. The molecular weight excluding hydrogens is 356 g/mol. The second kappa shape index (κ2) is 13.3. The molecule has 1 unspecified atom stereocenters. The summed E-state index contributed by atoms with van der Waals surface area (Å²) in [6, 6.07) is 16.8. The van der Waals surface area contributed by atoms with Gasteiger partial charge in [-0.1, -0.05) is 101 Å². The lowest BCUT2D eigenvalue weighted by Crippen LogP contribution is -2.21. The third kappa shape index (κ3) is 8.14.